The van der Waals surface area contributed by atoms with E-state index in [2.05, 4.69) is 5.32 Å². The molecule has 1 aromatic carbocycles. The van der Waals surface area contributed by atoms with E-state index in [4.69, 9.17) is 5.11 Å². The van der Waals surface area contributed by atoms with E-state index in [0.29, 0.717) is 5.56 Å². The van der Waals surface area contributed by atoms with Crippen molar-refractivity contribution < 1.29 is 18.7 Å². The Labute approximate surface area is 118 Å². The van der Waals surface area contributed by atoms with Crippen LogP contribution in [0.1, 0.15) is 38.7 Å². The summed E-state index contributed by atoms with van der Waals surface area (Å²) in [6.07, 6.45) is 0.0891. The Morgan fingerprint density at radius 1 is 1.30 bits per heavy atom. The number of amides is 1. The maximum absolute atomic E-state index is 13.6. The molecule has 0 saturated heterocycles. The van der Waals surface area contributed by atoms with E-state index < -0.39 is 11.6 Å². The van der Waals surface area contributed by atoms with E-state index in [1.165, 1.54) is 12.1 Å². The fraction of sp³-hybridized carbons (Fsp3) is 0.533. The van der Waals surface area contributed by atoms with E-state index in [0.717, 1.165) is 6.07 Å². The number of aliphatic hydroxyl groups excluding tert-OH is 1. The molecule has 1 aromatic rings. The van der Waals surface area contributed by atoms with Crippen LogP contribution in [0, 0.1) is 17.6 Å². The summed E-state index contributed by atoms with van der Waals surface area (Å²) < 4.78 is 26.4. The van der Waals surface area contributed by atoms with Gasteiger partial charge in [-0.2, -0.15) is 0 Å². The van der Waals surface area contributed by atoms with Gasteiger partial charge in [0, 0.05) is 12.5 Å². The van der Waals surface area contributed by atoms with Crippen LogP contribution in [-0.4, -0.2) is 23.7 Å². The number of hydrogen-bond acceptors (Lipinski definition) is 2. The molecule has 0 aliphatic rings. The third-order valence-electron chi connectivity index (χ3n) is 3.33. The first-order valence-electron chi connectivity index (χ1n) is 6.70. The van der Waals surface area contributed by atoms with Crippen LogP contribution in [0.3, 0.4) is 0 Å². The van der Waals surface area contributed by atoms with Gasteiger partial charge >= 0.3 is 0 Å². The number of halogens is 2. The number of nitrogens with one attached hydrogen (secondary N) is 1. The zero-order valence-electron chi connectivity index (χ0n) is 12.0. The van der Waals surface area contributed by atoms with Crippen LogP contribution in [-0.2, 0) is 4.79 Å². The maximum atomic E-state index is 13.6. The zero-order chi connectivity index (χ0) is 15.3. The van der Waals surface area contributed by atoms with Crippen molar-refractivity contribution in [3.8, 4) is 0 Å². The van der Waals surface area contributed by atoms with Crippen LogP contribution in [0.15, 0.2) is 18.2 Å². The molecule has 1 amide bonds. The summed E-state index contributed by atoms with van der Waals surface area (Å²) in [6, 6.07) is 3.04. The normalized spacial score (nSPS) is 14.2. The van der Waals surface area contributed by atoms with E-state index in [-0.39, 0.29) is 36.8 Å². The second-order valence-electron chi connectivity index (χ2n) is 5.37. The number of carbonyl (C=O) groups excluding carboxylic acids is 1. The minimum absolute atomic E-state index is 0.0891. The minimum Gasteiger partial charge on any atom is -0.394 e. The molecule has 0 aliphatic carbocycles. The molecule has 1 unspecified atom stereocenters. The van der Waals surface area contributed by atoms with Crippen LogP contribution >= 0.6 is 0 Å². The van der Waals surface area contributed by atoms with Gasteiger partial charge in [-0.1, -0.05) is 26.8 Å². The summed E-state index contributed by atoms with van der Waals surface area (Å²) >= 11 is 0. The van der Waals surface area contributed by atoms with Gasteiger partial charge in [-0.05, 0) is 23.5 Å². The van der Waals surface area contributed by atoms with E-state index in [9.17, 15) is 13.6 Å². The lowest BCUT2D eigenvalue weighted by atomic mass is 9.96. The van der Waals surface area contributed by atoms with Gasteiger partial charge in [0.2, 0.25) is 5.91 Å². The molecule has 20 heavy (non-hydrogen) atoms. The van der Waals surface area contributed by atoms with Crippen LogP contribution in [0.4, 0.5) is 8.78 Å². The van der Waals surface area contributed by atoms with Crippen molar-refractivity contribution in [1.82, 2.24) is 5.32 Å². The standard InChI is InChI=1S/C15H21F2NO2/c1-9(2)14(8-19)18-15(20)6-10(3)12-5-4-11(16)7-13(12)17/h4-5,7,9-10,14,19H,6,8H2,1-3H3,(H,18,20)/t10?,14-/m1/s1. The zero-order valence-corrected chi connectivity index (χ0v) is 12.0. The third kappa shape index (κ3) is 4.56. The topological polar surface area (TPSA) is 49.3 Å². The van der Waals surface area contributed by atoms with Crippen molar-refractivity contribution in [2.24, 2.45) is 5.92 Å². The van der Waals surface area contributed by atoms with Crippen molar-refractivity contribution in [3.63, 3.8) is 0 Å². The molecular formula is C15H21F2NO2. The van der Waals surface area contributed by atoms with Gasteiger partial charge < -0.3 is 10.4 Å². The molecule has 0 bridgehead atoms. The molecule has 2 atom stereocenters. The van der Waals surface area contributed by atoms with Crippen molar-refractivity contribution in [2.45, 2.75) is 39.2 Å². The highest BCUT2D eigenvalue weighted by molar-refractivity contribution is 5.77. The predicted octanol–water partition coefficient (Wildman–Crippen LogP) is 2.59. The van der Waals surface area contributed by atoms with E-state index in [1.54, 1.807) is 6.92 Å². The minimum atomic E-state index is -0.645. The highest BCUT2D eigenvalue weighted by Crippen LogP contribution is 2.22. The van der Waals surface area contributed by atoms with Gasteiger partial charge in [0.05, 0.1) is 12.6 Å². The Hall–Kier alpha value is -1.49. The largest absolute Gasteiger partial charge is 0.394 e. The van der Waals surface area contributed by atoms with Crippen LogP contribution in [0.2, 0.25) is 0 Å². The van der Waals surface area contributed by atoms with Crippen molar-refractivity contribution >= 4 is 5.91 Å². The molecule has 0 saturated carbocycles. The Balaban J connectivity index is 2.65. The van der Waals surface area contributed by atoms with Gasteiger partial charge in [-0.25, -0.2) is 8.78 Å². The lowest BCUT2D eigenvalue weighted by Gasteiger charge is -2.21. The molecule has 0 aliphatic heterocycles. The molecule has 3 nitrogen and oxygen atoms in total. The van der Waals surface area contributed by atoms with E-state index in [1.807, 2.05) is 13.8 Å². The fourth-order valence-electron chi connectivity index (χ4n) is 1.98. The van der Waals surface area contributed by atoms with Crippen molar-refractivity contribution in [1.29, 1.82) is 0 Å². The quantitative estimate of drug-likeness (QED) is 0.844. The number of aliphatic hydroxyl groups is 1. The molecule has 2 N–H and O–H groups in total. The monoisotopic (exact) mass is 285 g/mol. The van der Waals surface area contributed by atoms with E-state index >= 15 is 0 Å². The van der Waals surface area contributed by atoms with Crippen molar-refractivity contribution in [2.75, 3.05) is 6.61 Å². The molecule has 0 fully saturated rings. The van der Waals surface area contributed by atoms with Gasteiger partial charge in [-0.15, -0.1) is 0 Å². The lowest BCUT2D eigenvalue weighted by molar-refractivity contribution is -0.122. The highest BCUT2D eigenvalue weighted by atomic mass is 19.1. The Morgan fingerprint density at radius 3 is 2.45 bits per heavy atom. The Bertz CT molecular complexity index is 463. The van der Waals surface area contributed by atoms with Crippen LogP contribution in [0.25, 0.3) is 0 Å². The van der Waals surface area contributed by atoms with Gasteiger partial charge in [0.15, 0.2) is 0 Å². The second kappa shape index (κ2) is 7.33. The average molecular weight is 285 g/mol. The van der Waals surface area contributed by atoms with Gasteiger partial charge in [0.25, 0.3) is 0 Å². The summed E-state index contributed by atoms with van der Waals surface area (Å²) in [5, 5.41) is 11.9. The number of benzene rings is 1. The Morgan fingerprint density at radius 2 is 1.95 bits per heavy atom. The molecule has 0 heterocycles. The fourth-order valence-corrected chi connectivity index (χ4v) is 1.98. The summed E-state index contributed by atoms with van der Waals surface area (Å²) in [5.41, 5.74) is 0.312. The van der Waals surface area contributed by atoms with Gasteiger partial charge in [-0.3, -0.25) is 4.79 Å². The smallest absolute Gasteiger partial charge is 0.220 e. The molecule has 5 heteroatoms. The first-order valence-corrected chi connectivity index (χ1v) is 6.70. The maximum Gasteiger partial charge on any atom is 0.220 e. The lowest BCUT2D eigenvalue weighted by Crippen LogP contribution is -2.41. The van der Waals surface area contributed by atoms with Gasteiger partial charge in [0.1, 0.15) is 11.6 Å². The molecular weight excluding hydrogens is 264 g/mol. The summed E-state index contributed by atoms with van der Waals surface area (Å²) in [7, 11) is 0. The predicted molar refractivity (Wildman–Crippen MR) is 73.2 cm³/mol. The number of hydrogen-bond donors (Lipinski definition) is 2. The summed E-state index contributed by atoms with van der Waals surface area (Å²) in [4.78, 5) is 11.9. The third-order valence-corrected chi connectivity index (χ3v) is 3.33. The molecule has 1 rings (SSSR count). The molecule has 112 valence electrons. The highest BCUT2D eigenvalue weighted by Gasteiger charge is 2.19. The van der Waals surface area contributed by atoms with Crippen LogP contribution in [0.5, 0.6) is 0 Å². The average Bonchev–Trinajstić information content (AvgIpc) is 2.35. The number of carbonyl (C=O) groups is 1. The second-order valence-corrected chi connectivity index (χ2v) is 5.37. The van der Waals surface area contributed by atoms with Crippen LogP contribution < -0.4 is 5.32 Å². The summed E-state index contributed by atoms with van der Waals surface area (Å²) in [6.45, 7) is 5.36. The molecule has 0 spiro atoms. The Kier molecular flexibility index (Phi) is 6.07. The first-order chi connectivity index (χ1) is 9.35. The first kappa shape index (κ1) is 16.6. The number of rotatable bonds is 6. The SMILES string of the molecule is CC(CC(=O)N[C@H](CO)C(C)C)c1ccc(F)cc1F. The summed E-state index contributed by atoms with van der Waals surface area (Å²) in [5.74, 6) is -1.78. The molecule has 0 radical (unpaired) electrons. The molecule has 0 aromatic heterocycles. The van der Waals surface area contributed by atoms with Crippen molar-refractivity contribution in [3.05, 3.63) is 35.4 Å².